The number of thiocarbonyl (C=S) groups is 1. The van der Waals surface area contributed by atoms with Crippen molar-refractivity contribution in [1.82, 2.24) is 10.3 Å². The van der Waals surface area contributed by atoms with Gasteiger partial charge in [-0.05, 0) is 66.8 Å². The third-order valence-corrected chi connectivity index (χ3v) is 4.46. The van der Waals surface area contributed by atoms with E-state index >= 15 is 0 Å². The minimum Gasteiger partial charge on any atom is -0.436 e. The van der Waals surface area contributed by atoms with Crippen molar-refractivity contribution in [2.45, 2.75) is 0 Å². The molecule has 7 heteroatoms. The molecule has 0 bridgehead atoms. The molecule has 0 atom stereocenters. The number of benzene rings is 3. The highest BCUT2D eigenvalue weighted by atomic mass is 35.5. The van der Waals surface area contributed by atoms with Gasteiger partial charge < -0.3 is 9.73 Å². The lowest BCUT2D eigenvalue weighted by Gasteiger charge is -2.09. The van der Waals surface area contributed by atoms with Crippen LogP contribution in [0.3, 0.4) is 0 Å². The molecule has 2 N–H and O–H groups in total. The van der Waals surface area contributed by atoms with Crippen LogP contribution in [-0.2, 0) is 0 Å². The van der Waals surface area contributed by atoms with E-state index in [0.29, 0.717) is 33.3 Å². The summed E-state index contributed by atoms with van der Waals surface area (Å²) in [5.74, 6) is 0.231. The van der Waals surface area contributed by atoms with Gasteiger partial charge in [0.2, 0.25) is 5.89 Å². The van der Waals surface area contributed by atoms with Gasteiger partial charge in [0.05, 0.1) is 0 Å². The first-order valence-corrected chi connectivity index (χ1v) is 9.21. The number of hydrogen-bond acceptors (Lipinski definition) is 4. The maximum absolute atomic E-state index is 12.2. The molecule has 0 radical (unpaired) electrons. The number of hydrogen-bond donors (Lipinski definition) is 2. The van der Waals surface area contributed by atoms with Gasteiger partial charge in [-0.2, -0.15) is 0 Å². The summed E-state index contributed by atoms with van der Waals surface area (Å²) in [7, 11) is 0. The monoisotopic (exact) mass is 407 g/mol. The standard InChI is InChI=1S/C21H14ClN3O2S/c22-15-8-6-14(7-9-15)20-24-17-12-16(10-11-18(17)27-20)23-21(28)25-19(26)13-4-2-1-3-5-13/h1-12H,(H2,23,25,26,28). The number of rotatable bonds is 3. The van der Waals surface area contributed by atoms with Gasteiger partial charge in [0.1, 0.15) is 5.52 Å². The van der Waals surface area contributed by atoms with Crippen molar-refractivity contribution >= 4 is 51.6 Å². The smallest absolute Gasteiger partial charge is 0.257 e. The van der Waals surface area contributed by atoms with Crippen molar-refractivity contribution < 1.29 is 9.21 Å². The molecule has 4 rings (SSSR count). The van der Waals surface area contributed by atoms with Crippen LogP contribution >= 0.6 is 23.8 Å². The van der Waals surface area contributed by atoms with E-state index in [4.69, 9.17) is 28.2 Å². The zero-order valence-corrected chi connectivity index (χ0v) is 16.1. The van der Waals surface area contributed by atoms with Crippen molar-refractivity contribution in [3.05, 3.63) is 83.4 Å². The van der Waals surface area contributed by atoms with Gasteiger partial charge in [-0.15, -0.1) is 0 Å². The molecule has 0 fully saturated rings. The summed E-state index contributed by atoms with van der Waals surface area (Å²) in [4.78, 5) is 16.7. The maximum atomic E-state index is 12.2. The summed E-state index contributed by atoms with van der Waals surface area (Å²) < 4.78 is 5.79. The van der Waals surface area contributed by atoms with Crippen LogP contribution in [0.25, 0.3) is 22.6 Å². The molecule has 28 heavy (non-hydrogen) atoms. The Balaban J connectivity index is 1.49. The zero-order chi connectivity index (χ0) is 19.5. The van der Waals surface area contributed by atoms with E-state index in [1.165, 1.54) is 0 Å². The minimum absolute atomic E-state index is 0.203. The van der Waals surface area contributed by atoms with Crippen molar-refractivity contribution in [1.29, 1.82) is 0 Å². The number of carbonyl (C=O) groups excluding carboxylic acids is 1. The van der Waals surface area contributed by atoms with Gasteiger partial charge in [-0.1, -0.05) is 29.8 Å². The molecule has 3 aromatic carbocycles. The fraction of sp³-hybridized carbons (Fsp3) is 0. The average Bonchev–Trinajstić information content (AvgIpc) is 3.12. The van der Waals surface area contributed by atoms with Gasteiger partial charge in [0.15, 0.2) is 10.7 Å². The van der Waals surface area contributed by atoms with Crippen molar-refractivity contribution in [2.75, 3.05) is 5.32 Å². The first-order chi connectivity index (χ1) is 13.6. The largest absolute Gasteiger partial charge is 0.436 e. The Morgan fingerprint density at radius 3 is 2.50 bits per heavy atom. The lowest BCUT2D eigenvalue weighted by molar-refractivity contribution is 0.0977. The Labute approximate surface area is 171 Å². The molecule has 1 aromatic heterocycles. The average molecular weight is 408 g/mol. The van der Waals surface area contributed by atoms with Gasteiger partial charge in [-0.25, -0.2) is 4.98 Å². The van der Waals surface area contributed by atoms with Gasteiger partial charge in [0.25, 0.3) is 5.91 Å². The summed E-state index contributed by atoms with van der Waals surface area (Å²) in [5, 5.41) is 6.50. The van der Waals surface area contributed by atoms with Crippen LogP contribution in [0.1, 0.15) is 10.4 Å². The number of oxazole rings is 1. The molecule has 0 saturated heterocycles. The van der Waals surface area contributed by atoms with Crippen molar-refractivity contribution in [3.8, 4) is 11.5 Å². The molecule has 0 spiro atoms. The van der Waals surface area contributed by atoms with Crippen LogP contribution < -0.4 is 10.6 Å². The Morgan fingerprint density at radius 1 is 1.00 bits per heavy atom. The van der Waals surface area contributed by atoms with Crippen LogP contribution in [0.5, 0.6) is 0 Å². The SMILES string of the molecule is O=C(NC(=S)Nc1ccc2oc(-c3ccc(Cl)cc3)nc2c1)c1ccccc1. The Kier molecular flexibility index (Phi) is 5.06. The molecule has 1 heterocycles. The molecule has 0 unspecified atom stereocenters. The summed E-state index contributed by atoms with van der Waals surface area (Å²) in [6.45, 7) is 0. The van der Waals surface area contributed by atoms with Crippen LogP contribution in [0.2, 0.25) is 5.02 Å². The number of nitrogens with one attached hydrogen (secondary N) is 2. The van der Waals surface area contributed by atoms with E-state index in [9.17, 15) is 4.79 Å². The van der Waals surface area contributed by atoms with E-state index in [-0.39, 0.29) is 11.0 Å². The van der Waals surface area contributed by atoms with Gasteiger partial charge >= 0.3 is 0 Å². The second-order valence-electron chi connectivity index (χ2n) is 5.98. The lowest BCUT2D eigenvalue weighted by atomic mass is 10.2. The molecule has 0 aliphatic rings. The summed E-state index contributed by atoms with van der Waals surface area (Å²) >= 11 is 11.2. The van der Waals surface area contributed by atoms with Crippen LogP contribution in [-0.4, -0.2) is 16.0 Å². The molecular weight excluding hydrogens is 394 g/mol. The molecule has 1 amide bonds. The Bertz CT molecular complexity index is 1160. The third-order valence-electron chi connectivity index (χ3n) is 4.00. The van der Waals surface area contributed by atoms with E-state index in [0.717, 1.165) is 5.56 Å². The number of amides is 1. The molecule has 5 nitrogen and oxygen atoms in total. The predicted molar refractivity (Wildman–Crippen MR) is 115 cm³/mol. The summed E-state index contributed by atoms with van der Waals surface area (Å²) in [6.07, 6.45) is 0. The molecule has 138 valence electrons. The summed E-state index contributed by atoms with van der Waals surface area (Å²) in [5.41, 5.74) is 3.38. The van der Waals surface area contributed by atoms with E-state index in [1.54, 1.807) is 54.6 Å². The van der Waals surface area contributed by atoms with Crippen molar-refractivity contribution in [2.24, 2.45) is 0 Å². The number of fused-ring (bicyclic) bond motifs is 1. The van der Waals surface area contributed by atoms with E-state index in [2.05, 4.69) is 15.6 Å². The fourth-order valence-corrected chi connectivity index (χ4v) is 2.98. The summed E-state index contributed by atoms with van der Waals surface area (Å²) in [6, 6.07) is 21.5. The predicted octanol–water partition coefficient (Wildman–Crippen LogP) is 5.28. The highest BCUT2D eigenvalue weighted by Gasteiger charge is 2.11. The number of carbonyl (C=O) groups is 1. The first kappa shape index (κ1) is 18.2. The molecule has 0 saturated carbocycles. The number of halogens is 1. The van der Waals surface area contributed by atoms with Crippen LogP contribution in [0.15, 0.2) is 77.2 Å². The number of nitrogens with zero attached hydrogens (tertiary/aromatic N) is 1. The highest BCUT2D eigenvalue weighted by molar-refractivity contribution is 7.80. The van der Waals surface area contributed by atoms with Crippen LogP contribution in [0, 0.1) is 0 Å². The quantitative estimate of drug-likeness (QED) is 0.452. The molecule has 0 aliphatic heterocycles. The fourth-order valence-electron chi connectivity index (χ4n) is 2.65. The number of aromatic nitrogens is 1. The maximum Gasteiger partial charge on any atom is 0.257 e. The second-order valence-corrected chi connectivity index (χ2v) is 6.83. The third kappa shape index (κ3) is 4.03. The minimum atomic E-state index is -0.273. The normalized spacial score (nSPS) is 10.6. The highest BCUT2D eigenvalue weighted by Crippen LogP contribution is 2.27. The van der Waals surface area contributed by atoms with E-state index in [1.807, 2.05) is 18.2 Å². The Morgan fingerprint density at radius 2 is 1.75 bits per heavy atom. The Hall–Kier alpha value is -3.22. The van der Waals surface area contributed by atoms with Crippen molar-refractivity contribution in [3.63, 3.8) is 0 Å². The lowest BCUT2D eigenvalue weighted by Crippen LogP contribution is -2.34. The topological polar surface area (TPSA) is 67.2 Å². The molecular formula is C21H14ClN3O2S. The molecule has 4 aromatic rings. The second kappa shape index (κ2) is 7.80. The van der Waals surface area contributed by atoms with Crippen LogP contribution in [0.4, 0.5) is 5.69 Å². The zero-order valence-electron chi connectivity index (χ0n) is 14.5. The number of anilines is 1. The van der Waals surface area contributed by atoms with E-state index < -0.39 is 0 Å². The molecule has 0 aliphatic carbocycles. The van der Waals surface area contributed by atoms with Gasteiger partial charge in [-0.3, -0.25) is 10.1 Å². The first-order valence-electron chi connectivity index (χ1n) is 8.42. The van der Waals surface area contributed by atoms with Gasteiger partial charge in [0, 0.05) is 21.8 Å².